The van der Waals surface area contributed by atoms with Crippen LogP contribution in [0.1, 0.15) is 11.1 Å². The number of fused-ring (bicyclic) bond motifs is 4. The van der Waals surface area contributed by atoms with Crippen LogP contribution in [0.3, 0.4) is 0 Å². The van der Waals surface area contributed by atoms with E-state index in [1.165, 1.54) is 20.9 Å². The fourth-order valence-corrected chi connectivity index (χ4v) is 3.83. The van der Waals surface area contributed by atoms with Crippen molar-refractivity contribution < 1.29 is 5.11 Å². The van der Waals surface area contributed by atoms with Gasteiger partial charge in [0.05, 0.1) is 0 Å². The summed E-state index contributed by atoms with van der Waals surface area (Å²) in [5.41, 5.74) is 2.59. The van der Waals surface area contributed by atoms with E-state index >= 15 is 0 Å². The highest BCUT2D eigenvalue weighted by molar-refractivity contribution is 7.99. The van der Waals surface area contributed by atoms with Crippen LogP contribution in [0, 0.1) is 0 Å². The van der Waals surface area contributed by atoms with Gasteiger partial charge in [-0.3, -0.25) is 0 Å². The summed E-state index contributed by atoms with van der Waals surface area (Å²) in [4.78, 5) is 2.58. The Kier molecular flexibility index (Phi) is 2.32. The average Bonchev–Trinajstić information content (AvgIpc) is 2.45. The molecule has 0 saturated heterocycles. The molecule has 1 heterocycles. The lowest BCUT2D eigenvalue weighted by Gasteiger charge is -2.20. The van der Waals surface area contributed by atoms with Gasteiger partial charge in [0.15, 0.2) is 0 Å². The third-order valence-electron chi connectivity index (χ3n) is 3.65. The van der Waals surface area contributed by atoms with Crippen LogP contribution in [0.2, 0.25) is 0 Å². The molecule has 0 amide bonds. The topological polar surface area (TPSA) is 20.2 Å². The van der Waals surface area contributed by atoms with E-state index in [0.29, 0.717) is 5.75 Å². The predicted molar refractivity (Wildman–Crippen MR) is 79.0 cm³/mol. The molecule has 0 fully saturated rings. The highest BCUT2D eigenvalue weighted by Gasteiger charge is 2.19. The second-order valence-corrected chi connectivity index (χ2v) is 5.89. The number of rotatable bonds is 0. The van der Waals surface area contributed by atoms with Gasteiger partial charge in [-0.2, -0.15) is 0 Å². The highest BCUT2D eigenvalue weighted by Crippen LogP contribution is 2.43. The number of phenols is 1. The van der Waals surface area contributed by atoms with E-state index in [-0.39, 0.29) is 0 Å². The minimum absolute atomic E-state index is 0.384. The number of hydrogen-bond donors (Lipinski definition) is 1. The number of benzene rings is 3. The Morgan fingerprint density at radius 2 is 1.74 bits per heavy atom. The first kappa shape index (κ1) is 10.9. The van der Waals surface area contributed by atoms with Gasteiger partial charge >= 0.3 is 0 Å². The van der Waals surface area contributed by atoms with Crippen LogP contribution in [0.4, 0.5) is 0 Å². The smallest absolute Gasteiger partial charge is 0.123 e. The Bertz CT molecular complexity index is 792. The molecule has 0 spiro atoms. The summed E-state index contributed by atoms with van der Waals surface area (Å²) in [6, 6.07) is 18.5. The second-order valence-electron chi connectivity index (χ2n) is 4.80. The average molecular weight is 264 g/mol. The Labute approximate surface area is 115 Å². The number of hydrogen-bond acceptors (Lipinski definition) is 2. The van der Waals surface area contributed by atoms with Crippen LogP contribution in [-0.2, 0) is 6.42 Å². The third-order valence-corrected chi connectivity index (χ3v) is 4.87. The summed E-state index contributed by atoms with van der Waals surface area (Å²) in [7, 11) is 0. The number of phenolic OH excluding ortho intramolecular Hbond substituents is 1. The molecule has 0 unspecified atom stereocenters. The van der Waals surface area contributed by atoms with Crippen molar-refractivity contribution in [2.45, 2.75) is 16.2 Å². The van der Waals surface area contributed by atoms with Gasteiger partial charge in [0.2, 0.25) is 0 Å². The van der Waals surface area contributed by atoms with Crippen molar-refractivity contribution in [1.29, 1.82) is 0 Å². The quantitative estimate of drug-likeness (QED) is 0.501. The molecular weight excluding hydrogens is 252 g/mol. The van der Waals surface area contributed by atoms with Crippen molar-refractivity contribution in [1.82, 2.24) is 0 Å². The lowest BCUT2D eigenvalue weighted by Crippen LogP contribution is -2.00. The maximum Gasteiger partial charge on any atom is 0.123 e. The third kappa shape index (κ3) is 1.64. The molecule has 4 rings (SSSR count). The molecule has 3 aromatic carbocycles. The molecule has 1 N–H and O–H groups in total. The standard InChI is InChI=1S/C17H12OS/c18-14-6-3-5-11-8-9-16-13(17(11)14)10-12-4-1-2-7-15(12)19-16/h1-9,18H,10H2. The Morgan fingerprint density at radius 3 is 2.68 bits per heavy atom. The van der Waals surface area contributed by atoms with Crippen molar-refractivity contribution in [3.63, 3.8) is 0 Å². The van der Waals surface area contributed by atoms with E-state index in [1.54, 1.807) is 17.8 Å². The molecule has 3 aromatic rings. The molecule has 1 aliphatic rings. The van der Waals surface area contributed by atoms with E-state index in [9.17, 15) is 5.11 Å². The van der Waals surface area contributed by atoms with Gasteiger partial charge in [-0.1, -0.05) is 48.2 Å². The normalized spacial score (nSPS) is 13.1. The monoisotopic (exact) mass is 264 g/mol. The molecule has 0 bridgehead atoms. The minimum Gasteiger partial charge on any atom is -0.507 e. The van der Waals surface area contributed by atoms with Gasteiger partial charge in [0.25, 0.3) is 0 Å². The summed E-state index contributed by atoms with van der Waals surface area (Å²) in [6.07, 6.45) is 0.896. The first-order chi connectivity index (χ1) is 9.33. The van der Waals surface area contributed by atoms with Gasteiger partial charge in [0, 0.05) is 21.6 Å². The summed E-state index contributed by atoms with van der Waals surface area (Å²) >= 11 is 1.79. The van der Waals surface area contributed by atoms with Crippen molar-refractivity contribution >= 4 is 22.5 Å². The van der Waals surface area contributed by atoms with Crippen LogP contribution in [-0.4, -0.2) is 5.11 Å². The van der Waals surface area contributed by atoms with E-state index < -0.39 is 0 Å². The molecule has 0 radical (unpaired) electrons. The van der Waals surface area contributed by atoms with Crippen LogP contribution >= 0.6 is 11.8 Å². The van der Waals surface area contributed by atoms with Crippen molar-refractivity contribution in [2.75, 3.05) is 0 Å². The van der Waals surface area contributed by atoms with E-state index in [1.807, 2.05) is 6.07 Å². The largest absolute Gasteiger partial charge is 0.507 e. The van der Waals surface area contributed by atoms with Gasteiger partial charge in [0.1, 0.15) is 5.75 Å². The van der Waals surface area contributed by atoms with Crippen LogP contribution in [0.15, 0.2) is 64.4 Å². The van der Waals surface area contributed by atoms with Crippen molar-refractivity contribution in [3.8, 4) is 5.75 Å². The van der Waals surface area contributed by atoms with Crippen molar-refractivity contribution in [3.05, 3.63) is 65.7 Å². The molecule has 0 atom stereocenters. The molecule has 0 saturated carbocycles. The van der Waals surface area contributed by atoms with Gasteiger partial charge in [-0.25, -0.2) is 0 Å². The Hall–Kier alpha value is -1.93. The van der Waals surface area contributed by atoms with Crippen molar-refractivity contribution in [2.24, 2.45) is 0 Å². The number of aromatic hydroxyl groups is 1. The fourth-order valence-electron chi connectivity index (χ4n) is 2.74. The minimum atomic E-state index is 0.384. The summed E-state index contributed by atoms with van der Waals surface area (Å²) < 4.78 is 0. The lowest BCUT2D eigenvalue weighted by molar-refractivity contribution is 0.481. The molecule has 0 aromatic heterocycles. The lowest BCUT2D eigenvalue weighted by atomic mass is 9.97. The second kappa shape index (κ2) is 4.04. The van der Waals surface area contributed by atoms with Gasteiger partial charge < -0.3 is 5.11 Å². The maximum absolute atomic E-state index is 10.2. The zero-order valence-electron chi connectivity index (χ0n) is 10.3. The SMILES string of the molecule is Oc1cccc2ccc3c(c12)Cc1ccccc1S3. The first-order valence-electron chi connectivity index (χ1n) is 6.32. The first-order valence-corrected chi connectivity index (χ1v) is 7.14. The van der Waals surface area contributed by atoms with Crippen LogP contribution in [0.5, 0.6) is 5.75 Å². The molecular formula is C17H12OS. The van der Waals surface area contributed by atoms with Gasteiger partial charge in [-0.15, -0.1) is 0 Å². The molecule has 0 aliphatic carbocycles. The molecule has 1 nitrogen and oxygen atoms in total. The fraction of sp³-hybridized carbons (Fsp3) is 0.0588. The van der Waals surface area contributed by atoms with E-state index in [0.717, 1.165) is 17.2 Å². The predicted octanol–water partition coefficient (Wildman–Crippen LogP) is 4.60. The Morgan fingerprint density at radius 1 is 0.842 bits per heavy atom. The zero-order chi connectivity index (χ0) is 12.8. The van der Waals surface area contributed by atoms with E-state index in [2.05, 4.69) is 42.5 Å². The van der Waals surface area contributed by atoms with Gasteiger partial charge in [-0.05, 0) is 34.7 Å². The van der Waals surface area contributed by atoms with E-state index in [4.69, 9.17) is 0 Å². The molecule has 19 heavy (non-hydrogen) atoms. The maximum atomic E-state index is 10.2. The summed E-state index contributed by atoms with van der Waals surface area (Å²) in [6.45, 7) is 0. The Balaban J connectivity index is 2.01. The summed E-state index contributed by atoms with van der Waals surface area (Å²) in [5.74, 6) is 0.384. The molecule has 1 aliphatic heterocycles. The molecule has 92 valence electrons. The van der Waals surface area contributed by atoms with Crippen LogP contribution in [0.25, 0.3) is 10.8 Å². The van der Waals surface area contributed by atoms with Crippen LogP contribution < -0.4 is 0 Å². The molecule has 2 heteroatoms. The highest BCUT2D eigenvalue weighted by atomic mass is 32.2. The summed E-state index contributed by atoms with van der Waals surface area (Å²) in [5, 5.41) is 12.3. The zero-order valence-corrected chi connectivity index (χ0v) is 11.1.